The minimum Gasteiger partial charge on any atom is -0.481 e. The number of carbonyl (C=O) groups is 1. The SMILES string of the molecule is O=C(O)[C@@H]1CC[C@@H](Cc2ccccc2-c2ccccc2)C1. The fraction of sp³-hybridized carbons (Fsp3) is 0.316. The minimum atomic E-state index is -0.631. The summed E-state index contributed by atoms with van der Waals surface area (Å²) in [5, 5.41) is 9.13. The molecule has 2 aromatic carbocycles. The van der Waals surface area contributed by atoms with E-state index in [0.717, 1.165) is 25.7 Å². The van der Waals surface area contributed by atoms with Crippen LogP contribution in [-0.2, 0) is 11.2 Å². The third kappa shape index (κ3) is 3.15. The van der Waals surface area contributed by atoms with Crippen LogP contribution in [0.25, 0.3) is 11.1 Å². The molecule has 0 spiro atoms. The molecule has 0 unspecified atom stereocenters. The molecule has 3 rings (SSSR count). The lowest BCUT2D eigenvalue weighted by Gasteiger charge is -2.14. The number of hydrogen-bond acceptors (Lipinski definition) is 1. The van der Waals surface area contributed by atoms with Crippen LogP contribution in [-0.4, -0.2) is 11.1 Å². The Balaban J connectivity index is 1.79. The maximum absolute atomic E-state index is 11.1. The van der Waals surface area contributed by atoms with Crippen LogP contribution in [0.3, 0.4) is 0 Å². The molecule has 108 valence electrons. The zero-order valence-electron chi connectivity index (χ0n) is 12.0. The quantitative estimate of drug-likeness (QED) is 0.901. The molecule has 1 fully saturated rings. The van der Waals surface area contributed by atoms with E-state index >= 15 is 0 Å². The first-order valence-electron chi connectivity index (χ1n) is 7.60. The van der Waals surface area contributed by atoms with E-state index in [1.165, 1.54) is 16.7 Å². The van der Waals surface area contributed by atoms with Gasteiger partial charge in [0.15, 0.2) is 0 Å². The van der Waals surface area contributed by atoms with Gasteiger partial charge in [-0.1, -0.05) is 54.6 Å². The van der Waals surface area contributed by atoms with E-state index < -0.39 is 5.97 Å². The van der Waals surface area contributed by atoms with Gasteiger partial charge in [0.25, 0.3) is 0 Å². The molecule has 0 aliphatic heterocycles. The molecule has 0 amide bonds. The van der Waals surface area contributed by atoms with Crippen LogP contribution < -0.4 is 0 Å². The van der Waals surface area contributed by atoms with Gasteiger partial charge in [-0.3, -0.25) is 4.79 Å². The summed E-state index contributed by atoms with van der Waals surface area (Å²) in [5.74, 6) is -0.274. The van der Waals surface area contributed by atoms with Gasteiger partial charge in [-0.2, -0.15) is 0 Å². The number of rotatable bonds is 4. The molecule has 2 heteroatoms. The van der Waals surface area contributed by atoms with Gasteiger partial charge in [-0.15, -0.1) is 0 Å². The molecule has 0 aromatic heterocycles. The Hall–Kier alpha value is -2.09. The summed E-state index contributed by atoms with van der Waals surface area (Å²) < 4.78 is 0. The van der Waals surface area contributed by atoms with E-state index in [2.05, 4.69) is 48.5 Å². The maximum atomic E-state index is 11.1. The molecule has 1 aliphatic carbocycles. The predicted molar refractivity (Wildman–Crippen MR) is 84.0 cm³/mol. The van der Waals surface area contributed by atoms with E-state index in [1.54, 1.807) is 0 Å². The van der Waals surface area contributed by atoms with Crippen molar-refractivity contribution >= 4 is 5.97 Å². The maximum Gasteiger partial charge on any atom is 0.306 e. The molecule has 1 N–H and O–H groups in total. The summed E-state index contributed by atoms with van der Waals surface area (Å²) in [6, 6.07) is 18.9. The lowest BCUT2D eigenvalue weighted by molar-refractivity contribution is -0.141. The highest BCUT2D eigenvalue weighted by Gasteiger charge is 2.29. The lowest BCUT2D eigenvalue weighted by Crippen LogP contribution is -2.10. The number of carboxylic acid groups (broad SMARTS) is 1. The summed E-state index contributed by atoms with van der Waals surface area (Å²) >= 11 is 0. The van der Waals surface area contributed by atoms with Crippen molar-refractivity contribution in [2.75, 3.05) is 0 Å². The number of benzene rings is 2. The smallest absolute Gasteiger partial charge is 0.306 e. The summed E-state index contributed by atoms with van der Waals surface area (Å²) in [6.07, 6.45) is 3.65. The van der Waals surface area contributed by atoms with Gasteiger partial charge in [0.1, 0.15) is 0 Å². The number of carboxylic acids is 1. The van der Waals surface area contributed by atoms with Gasteiger partial charge in [-0.25, -0.2) is 0 Å². The average Bonchev–Trinajstić information content (AvgIpc) is 2.98. The lowest BCUT2D eigenvalue weighted by atomic mass is 9.91. The zero-order chi connectivity index (χ0) is 14.7. The van der Waals surface area contributed by atoms with Crippen LogP contribution in [0.5, 0.6) is 0 Å². The zero-order valence-corrected chi connectivity index (χ0v) is 12.0. The molecule has 2 aromatic rings. The van der Waals surface area contributed by atoms with Crippen molar-refractivity contribution < 1.29 is 9.90 Å². The third-order valence-corrected chi connectivity index (χ3v) is 4.50. The molecule has 1 aliphatic rings. The van der Waals surface area contributed by atoms with Crippen LogP contribution in [0.2, 0.25) is 0 Å². The molecule has 1 saturated carbocycles. The average molecular weight is 280 g/mol. The first kappa shape index (κ1) is 13.9. The van der Waals surface area contributed by atoms with Crippen molar-refractivity contribution in [3.05, 3.63) is 60.2 Å². The molecule has 21 heavy (non-hydrogen) atoms. The first-order chi connectivity index (χ1) is 10.2. The first-order valence-corrected chi connectivity index (χ1v) is 7.60. The van der Waals surface area contributed by atoms with Crippen molar-refractivity contribution in [2.45, 2.75) is 25.7 Å². The second-order valence-electron chi connectivity index (χ2n) is 5.94. The van der Waals surface area contributed by atoms with Crippen molar-refractivity contribution in [1.29, 1.82) is 0 Å². The normalized spacial score (nSPS) is 21.3. The van der Waals surface area contributed by atoms with E-state index in [1.807, 2.05) is 6.07 Å². The van der Waals surface area contributed by atoms with Crippen LogP contribution in [0.4, 0.5) is 0 Å². The highest BCUT2D eigenvalue weighted by molar-refractivity contribution is 5.70. The van der Waals surface area contributed by atoms with Crippen molar-refractivity contribution in [1.82, 2.24) is 0 Å². The summed E-state index contributed by atoms with van der Waals surface area (Å²) in [6.45, 7) is 0. The van der Waals surface area contributed by atoms with Gasteiger partial charge in [-0.05, 0) is 48.3 Å². The van der Waals surface area contributed by atoms with E-state index in [9.17, 15) is 4.79 Å². The Labute approximate surface area is 125 Å². The topological polar surface area (TPSA) is 37.3 Å². The number of hydrogen-bond donors (Lipinski definition) is 1. The van der Waals surface area contributed by atoms with Crippen molar-refractivity contribution in [3.8, 4) is 11.1 Å². The molecule has 2 atom stereocenters. The third-order valence-electron chi connectivity index (χ3n) is 4.50. The molecular weight excluding hydrogens is 260 g/mol. The van der Waals surface area contributed by atoms with Crippen LogP contribution >= 0.6 is 0 Å². The highest BCUT2D eigenvalue weighted by Crippen LogP contribution is 2.35. The summed E-state index contributed by atoms with van der Waals surface area (Å²) in [5.41, 5.74) is 3.84. The van der Waals surface area contributed by atoms with Gasteiger partial charge in [0.05, 0.1) is 5.92 Å². The van der Waals surface area contributed by atoms with Crippen molar-refractivity contribution in [3.63, 3.8) is 0 Å². The standard InChI is InChI=1S/C19H20O2/c20-19(21)17-11-10-14(13-17)12-16-8-4-5-9-18(16)15-6-2-1-3-7-15/h1-9,14,17H,10-13H2,(H,20,21)/t14-,17+/m0/s1. The van der Waals surface area contributed by atoms with Gasteiger partial charge in [0.2, 0.25) is 0 Å². The summed E-state index contributed by atoms with van der Waals surface area (Å²) in [7, 11) is 0. The van der Waals surface area contributed by atoms with E-state index in [4.69, 9.17) is 5.11 Å². The van der Waals surface area contributed by atoms with Gasteiger partial charge >= 0.3 is 5.97 Å². The van der Waals surface area contributed by atoms with Crippen LogP contribution in [0.1, 0.15) is 24.8 Å². The monoisotopic (exact) mass is 280 g/mol. The Morgan fingerprint density at radius 1 is 1.00 bits per heavy atom. The molecular formula is C19H20O2. The molecule has 0 radical (unpaired) electrons. The Morgan fingerprint density at radius 2 is 1.71 bits per heavy atom. The van der Waals surface area contributed by atoms with E-state index in [0.29, 0.717) is 5.92 Å². The molecule has 0 heterocycles. The number of aliphatic carboxylic acids is 1. The van der Waals surface area contributed by atoms with Crippen molar-refractivity contribution in [2.24, 2.45) is 11.8 Å². The van der Waals surface area contributed by atoms with Gasteiger partial charge in [0, 0.05) is 0 Å². The second-order valence-corrected chi connectivity index (χ2v) is 5.94. The Morgan fingerprint density at radius 3 is 2.43 bits per heavy atom. The molecule has 0 saturated heterocycles. The Bertz CT molecular complexity index is 618. The Kier molecular flexibility index (Phi) is 4.05. The predicted octanol–water partition coefficient (Wildman–Crippen LogP) is 4.40. The highest BCUT2D eigenvalue weighted by atomic mass is 16.4. The summed E-state index contributed by atoms with van der Waals surface area (Å²) in [4.78, 5) is 11.1. The fourth-order valence-electron chi connectivity index (χ4n) is 3.39. The van der Waals surface area contributed by atoms with Crippen LogP contribution in [0, 0.1) is 11.8 Å². The fourth-order valence-corrected chi connectivity index (χ4v) is 3.39. The minimum absolute atomic E-state index is 0.140. The van der Waals surface area contributed by atoms with E-state index in [-0.39, 0.29) is 5.92 Å². The molecule has 0 bridgehead atoms. The molecule has 2 nitrogen and oxygen atoms in total. The van der Waals surface area contributed by atoms with Crippen LogP contribution in [0.15, 0.2) is 54.6 Å². The second kappa shape index (κ2) is 6.13. The van der Waals surface area contributed by atoms with Gasteiger partial charge < -0.3 is 5.11 Å². The largest absolute Gasteiger partial charge is 0.481 e.